The Morgan fingerprint density at radius 1 is 0.966 bits per heavy atom. The van der Waals surface area contributed by atoms with Crippen LogP contribution in [0.4, 0.5) is 0 Å². The van der Waals surface area contributed by atoms with Crippen molar-refractivity contribution in [1.29, 1.82) is 0 Å². The topological polar surface area (TPSA) is 59.0 Å². The fourth-order valence-electron chi connectivity index (χ4n) is 3.23. The molecule has 3 aromatic rings. The highest BCUT2D eigenvalue weighted by atomic mass is 16.5. The first-order chi connectivity index (χ1) is 14.0. The monoisotopic (exact) mass is 392 g/mol. The van der Waals surface area contributed by atoms with E-state index in [1.165, 1.54) is 0 Å². The smallest absolute Gasteiger partial charge is 0.226 e. The molecule has 5 nitrogen and oxygen atoms in total. The maximum Gasteiger partial charge on any atom is 0.226 e. The summed E-state index contributed by atoms with van der Waals surface area (Å²) in [6.45, 7) is 0.639. The van der Waals surface area contributed by atoms with Crippen molar-refractivity contribution in [2.24, 2.45) is 0 Å². The number of aromatic hydroxyl groups is 1. The van der Waals surface area contributed by atoms with Crippen molar-refractivity contribution in [2.75, 3.05) is 27.8 Å². The van der Waals surface area contributed by atoms with Crippen molar-refractivity contribution in [1.82, 2.24) is 4.90 Å². The van der Waals surface area contributed by atoms with Gasteiger partial charge in [0, 0.05) is 13.6 Å². The highest BCUT2D eigenvalue weighted by molar-refractivity contribution is 5.84. The number of carbonyl (C=O) groups is 1. The Bertz CT molecular complexity index is 999. The van der Waals surface area contributed by atoms with E-state index in [1.54, 1.807) is 31.3 Å². The molecule has 0 heterocycles. The van der Waals surface area contributed by atoms with E-state index in [9.17, 15) is 9.90 Å². The number of nitrogens with zero attached hydrogens (tertiary/aromatic N) is 1. The first-order valence-electron chi connectivity index (χ1n) is 9.51. The molecular formula is C24H26NO4. The number of amides is 1. The Kier molecular flexibility index (Phi) is 6.60. The SMILES string of the molecule is COc1ccc(CC(=O)N(C)CC[CH]c2ccc3cc(O)ccc3c2)cc1OC. The number of hydrogen-bond donors (Lipinski definition) is 1. The number of hydrogen-bond acceptors (Lipinski definition) is 4. The maximum absolute atomic E-state index is 12.5. The molecular weight excluding hydrogens is 366 g/mol. The second kappa shape index (κ2) is 9.32. The van der Waals surface area contributed by atoms with Gasteiger partial charge in [-0.15, -0.1) is 0 Å². The Balaban J connectivity index is 1.53. The Labute approximate surface area is 171 Å². The van der Waals surface area contributed by atoms with Crippen molar-refractivity contribution < 1.29 is 19.4 Å². The molecule has 0 spiro atoms. The summed E-state index contributed by atoms with van der Waals surface area (Å²) >= 11 is 0. The number of likely N-dealkylation sites (N-methyl/N-ethyl adjacent to an activating group) is 1. The average Bonchev–Trinajstić information content (AvgIpc) is 2.73. The van der Waals surface area contributed by atoms with E-state index < -0.39 is 0 Å². The van der Waals surface area contributed by atoms with Gasteiger partial charge in [0.1, 0.15) is 5.75 Å². The second-order valence-corrected chi connectivity index (χ2v) is 6.97. The van der Waals surface area contributed by atoms with Crippen LogP contribution >= 0.6 is 0 Å². The molecule has 0 atom stereocenters. The van der Waals surface area contributed by atoms with Gasteiger partial charge in [0.15, 0.2) is 11.5 Å². The number of fused-ring (bicyclic) bond motifs is 1. The highest BCUT2D eigenvalue weighted by Crippen LogP contribution is 2.28. The normalized spacial score (nSPS) is 10.7. The van der Waals surface area contributed by atoms with Gasteiger partial charge in [0.05, 0.1) is 20.6 Å². The molecule has 0 bridgehead atoms. The van der Waals surface area contributed by atoms with Gasteiger partial charge in [-0.2, -0.15) is 0 Å². The molecule has 3 aromatic carbocycles. The molecule has 0 saturated heterocycles. The molecule has 0 aliphatic carbocycles. The second-order valence-electron chi connectivity index (χ2n) is 6.97. The minimum atomic E-state index is 0.0552. The third-order valence-electron chi connectivity index (χ3n) is 4.92. The average molecular weight is 392 g/mol. The standard InChI is InChI=1S/C24H26NO4/c1-25(24(27)15-18-7-11-22(28-2)23(14-18)29-3)12-4-5-17-6-8-20-16-21(26)10-9-19(20)13-17/h5-11,13-14,16,26H,4,12,15H2,1-3H3. The van der Waals surface area contributed by atoms with Crippen LogP contribution in [0.5, 0.6) is 17.2 Å². The van der Waals surface area contributed by atoms with Crippen molar-refractivity contribution >= 4 is 16.7 Å². The predicted octanol–water partition coefficient (Wildman–Crippen LogP) is 4.21. The summed E-state index contributed by atoms with van der Waals surface area (Å²) in [6.07, 6.45) is 3.20. The number of methoxy groups -OCH3 is 2. The predicted molar refractivity (Wildman–Crippen MR) is 115 cm³/mol. The zero-order chi connectivity index (χ0) is 20.8. The molecule has 3 rings (SSSR count). The van der Waals surface area contributed by atoms with Gasteiger partial charge in [0.25, 0.3) is 0 Å². The fraction of sp³-hybridized carbons (Fsp3) is 0.250. The van der Waals surface area contributed by atoms with E-state index in [-0.39, 0.29) is 11.7 Å². The first-order valence-corrected chi connectivity index (χ1v) is 9.51. The molecule has 0 aliphatic rings. The number of phenolic OH excluding ortho intramolecular Hbond substituents is 1. The minimum Gasteiger partial charge on any atom is -0.508 e. The molecule has 0 unspecified atom stereocenters. The number of phenols is 1. The van der Waals surface area contributed by atoms with Crippen LogP contribution in [0.25, 0.3) is 10.8 Å². The molecule has 1 N–H and O–H groups in total. The summed E-state index contributed by atoms with van der Waals surface area (Å²) in [5.41, 5.74) is 1.99. The number of ether oxygens (including phenoxy) is 2. The van der Waals surface area contributed by atoms with Crippen LogP contribution in [0.2, 0.25) is 0 Å². The summed E-state index contributed by atoms with van der Waals surface area (Å²) in [6, 6.07) is 17.0. The fourth-order valence-corrected chi connectivity index (χ4v) is 3.23. The largest absolute Gasteiger partial charge is 0.508 e. The van der Waals surface area contributed by atoms with Gasteiger partial charge in [-0.05, 0) is 59.0 Å². The summed E-state index contributed by atoms with van der Waals surface area (Å²) < 4.78 is 10.5. The third kappa shape index (κ3) is 5.19. The number of benzene rings is 3. The summed E-state index contributed by atoms with van der Waals surface area (Å²) in [4.78, 5) is 14.3. The van der Waals surface area contributed by atoms with Gasteiger partial charge in [-0.25, -0.2) is 0 Å². The van der Waals surface area contributed by atoms with E-state index >= 15 is 0 Å². The van der Waals surface area contributed by atoms with Crippen molar-refractivity contribution in [3.8, 4) is 17.2 Å². The van der Waals surface area contributed by atoms with Crippen LogP contribution < -0.4 is 9.47 Å². The lowest BCUT2D eigenvalue weighted by Gasteiger charge is -2.17. The molecule has 1 amide bonds. The summed E-state index contributed by atoms with van der Waals surface area (Å²) in [5.74, 6) is 1.60. The molecule has 0 aliphatic heterocycles. The molecule has 0 aromatic heterocycles. The molecule has 151 valence electrons. The van der Waals surface area contributed by atoms with Crippen molar-refractivity contribution in [3.05, 3.63) is 72.1 Å². The van der Waals surface area contributed by atoms with E-state index in [2.05, 4.69) is 12.5 Å². The van der Waals surface area contributed by atoms with Crippen LogP contribution in [0.15, 0.2) is 54.6 Å². The molecule has 0 fully saturated rings. The Morgan fingerprint density at radius 2 is 1.69 bits per heavy atom. The molecule has 1 radical (unpaired) electrons. The Hall–Kier alpha value is -3.21. The lowest BCUT2D eigenvalue weighted by molar-refractivity contribution is -0.129. The zero-order valence-corrected chi connectivity index (χ0v) is 17.0. The van der Waals surface area contributed by atoms with E-state index in [1.807, 2.05) is 43.4 Å². The number of rotatable bonds is 8. The number of carbonyl (C=O) groups excluding carboxylic acids is 1. The van der Waals surface area contributed by atoms with Gasteiger partial charge in [-0.3, -0.25) is 4.79 Å². The van der Waals surface area contributed by atoms with Crippen LogP contribution in [0.1, 0.15) is 17.5 Å². The van der Waals surface area contributed by atoms with Crippen LogP contribution in [-0.2, 0) is 11.2 Å². The lowest BCUT2D eigenvalue weighted by Crippen LogP contribution is -2.29. The van der Waals surface area contributed by atoms with E-state index in [0.29, 0.717) is 24.5 Å². The Morgan fingerprint density at radius 3 is 2.45 bits per heavy atom. The van der Waals surface area contributed by atoms with Crippen molar-refractivity contribution in [3.63, 3.8) is 0 Å². The molecule has 5 heteroatoms. The van der Waals surface area contributed by atoms with E-state index in [4.69, 9.17) is 9.47 Å². The van der Waals surface area contributed by atoms with Gasteiger partial charge in [-0.1, -0.05) is 30.3 Å². The van der Waals surface area contributed by atoms with Crippen molar-refractivity contribution in [2.45, 2.75) is 12.8 Å². The van der Waals surface area contributed by atoms with Gasteiger partial charge >= 0.3 is 0 Å². The van der Waals surface area contributed by atoms with E-state index in [0.717, 1.165) is 28.3 Å². The highest BCUT2D eigenvalue weighted by Gasteiger charge is 2.12. The summed E-state index contributed by atoms with van der Waals surface area (Å²) in [5, 5.41) is 11.6. The van der Waals surface area contributed by atoms with Crippen LogP contribution in [0, 0.1) is 6.42 Å². The zero-order valence-electron chi connectivity index (χ0n) is 17.0. The minimum absolute atomic E-state index is 0.0552. The lowest BCUT2D eigenvalue weighted by atomic mass is 10.0. The third-order valence-corrected chi connectivity index (χ3v) is 4.92. The van der Waals surface area contributed by atoms with Gasteiger partial charge < -0.3 is 19.5 Å². The van der Waals surface area contributed by atoms with Gasteiger partial charge in [0.2, 0.25) is 5.91 Å². The summed E-state index contributed by atoms with van der Waals surface area (Å²) in [7, 11) is 4.99. The molecule has 29 heavy (non-hydrogen) atoms. The molecule has 0 saturated carbocycles. The quantitative estimate of drug-likeness (QED) is 0.624. The van der Waals surface area contributed by atoms with Crippen LogP contribution in [0.3, 0.4) is 0 Å². The first kappa shape index (κ1) is 20.5. The van der Waals surface area contributed by atoms with Crippen LogP contribution in [-0.4, -0.2) is 43.7 Å². The maximum atomic E-state index is 12.5.